The number of benzene rings is 1. The van der Waals surface area contributed by atoms with Crippen LogP contribution < -0.4 is 10.2 Å². The van der Waals surface area contributed by atoms with E-state index in [9.17, 15) is 20.4 Å². The molecule has 1 saturated heterocycles. The molecule has 0 bridgehead atoms. The number of aliphatic hydroxyl groups is 5. The minimum Gasteiger partial charge on any atom is -0.497 e. The van der Waals surface area contributed by atoms with Gasteiger partial charge in [0.1, 0.15) is 35.5 Å². The van der Waals surface area contributed by atoms with Crippen molar-refractivity contribution in [2.24, 2.45) is 4.99 Å². The second kappa shape index (κ2) is 8.33. The van der Waals surface area contributed by atoms with E-state index in [1.165, 1.54) is 5.01 Å². The molecule has 1 aromatic rings. The number of ether oxygens (including phenoxy) is 2. The lowest BCUT2D eigenvalue weighted by atomic mass is 10.0. The molecule has 0 saturated carbocycles. The number of nitrogens with zero attached hydrogens (tertiary/aromatic N) is 2. The van der Waals surface area contributed by atoms with Crippen LogP contribution in [0.3, 0.4) is 0 Å². The summed E-state index contributed by atoms with van der Waals surface area (Å²) >= 11 is 1.16. The van der Waals surface area contributed by atoms with Crippen LogP contribution in [0.5, 0.6) is 5.75 Å². The number of rotatable bonds is 7. The molecule has 10 nitrogen and oxygen atoms in total. The zero-order valence-electron chi connectivity index (χ0n) is 14.3. The second-order valence-electron chi connectivity index (χ2n) is 5.90. The Morgan fingerprint density at radius 2 is 1.93 bits per heavy atom. The maximum atomic E-state index is 10.4. The number of aliphatic imine (C=N–C) groups is 1. The summed E-state index contributed by atoms with van der Waals surface area (Å²) in [6.45, 7) is -0.740. The van der Waals surface area contributed by atoms with Gasteiger partial charge in [-0.15, -0.1) is 0 Å². The van der Waals surface area contributed by atoms with E-state index >= 15 is 0 Å². The highest BCUT2D eigenvalue weighted by Crippen LogP contribution is 2.36. The molecule has 0 aliphatic carbocycles. The van der Waals surface area contributed by atoms with Crippen LogP contribution in [0.1, 0.15) is 0 Å². The van der Waals surface area contributed by atoms with Gasteiger partial charge in [-0.05, 0) is 24.3 Å². The van der Waals surface area contributed by atoms with E-state index in [4.69, 9.17) is 14.6 Å². The summed E-state index contributed by atoms with van der Waals surface area (Å²) in [6, 6.07) is 7.16. The quantitative estimate of drug-likeness (QED) is 0.331. The summed E-state index contributed by atoms with van der Waals surface area (Å²) in [5.74, 6) is 1.07. The van der Waals surface area contributed by atoms with Crippen LogP contribution in [0.2, 0.25) is 0 Å². The van der Waals surface area contributed by atoms with Crippen molar-refractivity contribution in [1.29, 1.82) is 0 Å². The van der Waals surface area contributed by atoms with Gasteiger partial charge >= 0.3 is 6.02 Å². The van der Waals surface area contributed by atoms with Gasteiger partial charge in [0.25, 0.3) is 0 Å². The van der Waals surface area contributed by atoms with Crippen molar-refractivity contribution >= 4 is 23.5 Å². The molecule has 3 rings (SSSR count). The van der Waals surface area contributed by atoms with Crippen LogP contribution in [0, 0.1) is 0 Å². The van der Waals surface area contributed by atoms with Gasteiger partial charge in [-0.2, -0.15) is 4.99 Å². The fraction of sp³-hybridized carbons (Fsp3) is 0.438. The van der Waals surface area contributed by atoms with Gasteiger partial charge in [0.15, 0.2) is 0 Å². The van der Waals surface area contributed by atoms with Gasteiger partial charge in [0.2, 0.25) is 5.88 Å². The standard InChI is InChI=1S/C16H21N3O7S/c1-25-9-4-2-8(3-5-9)17-16-18-19-11(26-16)7-27-15(19)14(24)13(23)12(22)10(21)6-20/h2-5,7,10,12-15,20-24H,6H2,1H3,(H,17,18)/t10-,12-,13+,14-,15?/m1/s1. The molecule has 2 heterocycles. The number of hydrogen-bond donors (Lipinski definition) is 6. The van der Waals surface area contributed by atoms with Gasteiger partial charge < -0.3 is 35.0 Å². The van der Waals surface area contributed by atoms with Crippen molar-refractivity contribution in [2.75, 3.05) is 13.7 Å². The summed E-state index contributed by atoms with van der Waals surface area (Å²) in [7, 11) is 1.57. The molecule has 2 aliphatic heterocycles. The molecule has 27 heavy (non-hydrogen) atoms. The number of nitrogens with one attached hydrogen (secondary N) is 1. The molecule has 148 valence electrons. The van der Waals surface area contributed by atoms with E-state index in [-0.39, 0.29) is 6.02 Å². The minimum atomic E-state index is -1.70. The number of hydrogen-bond acceptors (Lipinski definition) is 10. The summed E-state index contributed by atoms with van der Waals surface area (Å²) < 4.78 is 10.7. The average Bonchev–Trinajstić information content (AvgIpc) is 3.26. The van der Waals surface area contributed by atoms with Gasteiger partial charge in [0, 0.05) is 5.41 Å². The molecule has 1 unspecified atom stereocenters. The number of aliphatic hydroxyl groups excluding tert-OH is 5. The summed E-state index contributed by atoms with van der Waals surface area (Å²) in [5.41, 5.74) is 3.49. The highest BCUT2D eigenvalue weighted by Gasteiger charge is 2.44. The van der Waals surface area contributed by atoms with E-state index in [0.717, 1.165) is 11.8 Å². The smallest absolute Gasteiger partial charge is 0.316 e. The molecule has 0 aromatic heterocycles. The number of thioether (sulfide) groups is 1. The molecular formula is C16H21N3O7S. The first-order valence-corrected chi connectivity index (χ1v) is 9.04. The zero-order valence-corrected chi connectivity index (χ0v) is 15.2. The van der Waals surface area contributed by atoms with E-state index in [1.807, 2.05) is 0 Å². The van der Waals surface area contributed by atoms with Crippen molar-refractivity contribution in [2.45, 2.75) is 29.8 Å². The largest absolute Gasteiger partial charge is 0.497 e. The first-order chi connectivity index (χ1) is 12.9. The minimum absolute atomic E-state index is 0.175. The molecule has 0 amide bonds. The van der Waals surface area contributed by atoms with Crippen molar-refractivity contribution < 1.29 is 35.0 Å². The third-order valence-electron chi connectivity index (χ3n) is 4.09. The lowest BCUT2D eigenvalue weighted by Gasteiger charge is -2.31. The maximum Gasteiger partial charge on any atom is 0.316 e. The Hall–Kier alpha value is -2.02. The number of hydrazine groups is 1. The Morgan fingerprint density at radius 1 is 1.22 bits per heavy atom. The van der Waals surface area contributed by atoms with Gasteiger partial charge in [0.05, 0.1) is 19.4 Å². The van der Waals surface area contributed by atoms with Crippen LogP contribution in [0.25, 0.3) is 0 Å². The van der Waals surface area contributed by atoms with E-state index in [2.05, 4.69) is 10.4 Å². The van der Waals surface area contributed by atoms with E-state index in [0.29, 0.717) is 17.3 Å². The molecule has 11 heteroatoms. The van der Waals surface area contributed by atoms with Gasteiger partial charge in [-0.25, -0.2) is 10.4 Å². The van der Waals surface area contributed by atoms with Crippen LogP contribution >= 0.6 is 11.8 Å². The third-order valence-corrected chi connectivity index (χ3v) is 5.20. The fourth-order valence-corrected chi connectivity index (χ4v) is 3.57. The van der Waals surface area contributed by atoms with E-state index < -0.39 is 36.4 Å². The number of amidine groups is 1. The normalized spacial score (nSPS) is 24.5. The number of fused-ring (bicyclic) bond motifs is 1. The fourth-order valence-electron chi connectivity index (χ4n) is 2.55. The van der Waals surface area contributed by atoms with Crippen molar-refractivity contribution in [1.82, 2.24) is 10.4 Å². The lowest BCUT2D eigenvalue weighted by molar-refractivity contribution is -0.122. The predicted molar refractivity (Wildman–Crippen MR) is 96.7 cm³/mol. The molecule has 0 spiro atoms. The Kier molecular flexibility index (Phi) is 6.09. The first kappa shape index (κ1) is 19.7. The highest BCUT2D eigenvalue weighted by molar-refractivity contribution is 8.03. The molecule has 0 radical (unpaired) electrons. The Balaban J connectivity index is 1.67. The summed E-state index contributed by atoms with van der Waals surface area (Å²) in [5, 5.41) is 50.9. The van der Waals surface area contributed by atoms with Crippen molar-refractivity contribution in [3.63, 3.8) is 0 Å². The molecule has 1 aromatic carbocycles. The molecule has 6 N–H and O–H groups in total. The van der Waals surface area contributed by atoms with E-state index in [1.54, 1.807) is 36.8 Å². The monoisotopic (exact) mass is 399 g/mol. The van der Waals surface area contributed by atoms with Gasteiger partial charge in [-0.3, -0.25) is 0 Å². The zero-order chi connectivity index (χ0) is 19.6. The third kappa shape index (κ3) is 4.13. The number of methoxy groups -OCH3 is 1. The molecular weight excluding hydrogens is 378 g/mol. The SMILES string of the molecule is COc1ccc(N=C2NN3C(=CSC3[C@H](O)[C@@H](O)[C@H](O)[C@H](O)CO)O2)cc1. The Labute approximate surface area is 159 Å². The van der Waals surface area contributed by atoms with Crippen LogP contribution in [-0.4, -0.2) is 80.1 Å². The van der Waals surface area contributed by atoms with Crippen LogP contribution in [-0.2, 0) is 4.74 Å². The van der Waals surface area contributed by atoms with Crippen molar-refractivity contribution in [3.05, 3.63) is 35.6 Å². The average molecular weight is 399 g/mol. The van der Waals surface area contributed by atoms with Crippen LogP contribution in [0.4, 0.5) is 5.69 Å². The Bertz CT molecular complexity index is 714. The molecule has 2 aliphatic rings. The lowest BCUT2D eigenvalue weighted by Crippen LogP contribution is -2.54. The van der Waals surface area contributed by atoms with Gasteiger partial charge in [-0.1, -0.05) is 11.8 Å². The van der Waals surface area contributed by atoms with Crippen molar-refractivity contribution in [3.8, 4) is 5.75 Å². The Morgan fingerprint density at radius 3 is 2.56 bits per heavy atom. The summed E-state index contributed by atoms with van der Waals surface area (Å²) in [6.07, 6.45) is -6.40. The molecule has 1 fully saturated rings. The van der Waals surface area contributed by atoms with Crippen LogP contribution in [0.15, 0.2) is 40.5 Å². The molecule has 5 atom stereocenters. The highest BCUT2D eigenvalue weighted by atomic mass is 32.2. The second-order valence-corrected chi connectivity index (χ2v) is 6.89. The maximum absolute atomic E-state index is 10.4. The summed E-state index contributed by atoms with van der Waals surface area (Å²) in [4.78, 5) is 4.30. The topological polar surface area (TPSA) is 147 Å². The first-order valence-electron chi connectivity index (χ1n) is 8.10. The predicted octanol–water partition coefficient (Wildman–Crippen LogP) is -1.17.